The van der Waals surface area contributed by atoms with E-state index < -0.39 is 0 Å². The van der Waals surface area contributed by atoms with Gasteiger partial charge in [0.25, 0.3) is 0 Å². The van der Waals surface area contributed by atoms with Crippen molar-refractivity contribution >= 4 is 28.6 Å². The molecule has 122 valence electrons. The Morgan fingerprint density at radius 3 is 2.57 bits per heavy atom. The molecule has 0 atom stereocenters. The van der Waals surface area contributed by atoms with Crippen molar-refractivity contribution in [3.8, 4) is 0 Å². The van der Waals surface area contributed by atoms with Gasteiger partial charge in [-0.25, -0.2) is 0 Å². The lowest BCUT2D eigenvalue weighted by molar-refractivity contribution is -0.115. The van der Waals surface area contributed by atoms with Crippen LogP contribution in [-0.4, -0.2) is 32.2 Å². The van der Waals surface area contributed by atoms with Crippen LogP contribution in [-0.2, 0) is 16.0 Å². The molecule has 23 heavy (non-hydrogen) atoms. The molecule has 1 aromatic heterocycles. The van der Waals surface area contributed by atoms with E-state index in [1.807, 2.05) is 17.5 Å². The molecule has 0 bridgehead atoms. The van der Waals surface area contributed by atoms with Crippen LogP contribution in [0.3, 0.4) is 0 Å². The fourth-order valence-corrected chi connectivity index (χ4v) is 3.60. The topological polar surface area (TPSA) is 41.6 Å². The van der Waals surface area contributed by atoms with Crippen molar-refractivity contribution in [1.29, 1.82) is 0 Å². The summed E-state index contributed by atoms with van der Waals surface area (Å²) in [6.07, 6.45) is 0.432. The molecule has 0 unspecified atom stereocenters. The number of amides is 1. The molecule has 2 heterocycles. The van der Waals surface area contributed by atoms with Crippen molar-refractivity contribution in [1.82, 2.24) is 0 Å². The van der Waals surface area contributed by atoms with Crippen molar-refractivity contribution in [2.24, 2.45) is 0 Å². The third-order valence-corrected chi connectivity index (χ3v) is 4.95. The smallest absolute Gasteiger partial charge is 0.229 e. The van der Waals surface area contributed by atoms with Gasteiger partial charge in [0.2, 0.25) is 5.91 Å². The highest BCUT2D eigenvalue weighted by molar-refractivity contribution is 7.10. The van der Waals surface area contributed by atoms with E-state index in [9.17, 15) is 4.79 Å². The molecule has 1 amide bonds. The van der Waals surface area contributed by atoms with E-state index in [-0.39, 0.29) is 5.91 Å². The average molecular weight is 330 g/mol. The van der Waals surface area contributed by atoms with Crippen LogP contribution in [0.15, 0.2) is 29.6 Å². The number of nitrogens with one attached hydrogen (secondary N) is 1. The molecule has 4 nitrogen and oxygen atoms in total. The lowest BCUT2D eigenvalue weighted by atomic mass is 10.1. The Kier molecular flexibility index (Phi) is 4.98. The first-order valence-corrected chi connectivity index (χ1v) is 8.77. The zero-order valence-electron chi connectivity index (χ0n) is 13.6. The van der Waals surface area contributed by atoms with Gasteiger partial charge in [0, 0.05) is 29.3 Å². The number of aryl methyl sites for hydroxylation is 2. The zero-order valence-corrected chi connectivity index (χ0v) is 14.4. The lowest BCUT2D eigenvalue weighted by Gasteiger charge is -2.30. The molecule has 0 spiro atoms. The van der Waals surface area contributed by atoms with E-state index in [0.717, 1.165) is 48.0 Å². The number of ether oxygens (including phenoxy) is 1. The molecule has 2 aromatic rings. The number of rotatable bonds is 4. The normalized spacial score (nSPS) is 14.8. The van der Waals surface area contributed by atoms with Crippen molar-refractivity contribution in [2.45, 2.75) is 20.3 Å². The highest BCUT2D eigenvalue weighted by Gasteiger charge is 2.15. The van der Waals surface area contributed by atoms with E-state index in [1.54, 1.807) is 11.3 Å². The number of thiophene rings is 1. The maximum absolute atomic E-state index is 12.2. The summed E-state index contributed by atoms with van der Waals surface area (Å²) >= 11 is 1.61. The summed E-state index contributed by atoms with van der Waals surface area (Å²) in [7, 11) is 0. The minimum Gasteiger partial charge on any atom is -0.378 e. The van der Waals surface area contributed by atoms with Gasteiger partial charge in [-0.15, -0.1) is 11.3 Å². The molecule has 1 saturated heterocycles. The predicted octanol–water partition coefficient (Wildman–Crippen LogP) is 3.38. The fourth-order valence-electron chi connectivity index (χ4n) is 2.90. The quantitative estimate of drug-likeness (QED) is 0.934. The van der Waals surface area contributed by atoms with Crippen molar-refractivity contribution in [2.75, 3.05) is 36.5 Å². The molecular formula is C18H22N2O2S. The number of carbonyl (C=O) groups excluding carboxylic acids is 1. The Hall–Kier alpha value is -1.85. The van der Waals surface area contributed by atoms with Gasteiger partial charge < -0.3 is 15.0 Å². The molecule has 1 N–H and O–H groups in total. The van der Waals surface area contributed by atoms with E-state index in [2.05, 4.69) is 36.2 Å². The summed E-state index contributed by atoms with van der Waals surface area (Å²) in [4.78, 5) is 15.7. The first-order valence-electron chi connectivity index (χ1n) is 7.89. The van der Waals surface area contributed by atoms with Crippen LogP contribution in [0.5, 0.6) is 0 Å². The first-order chi connectivity index (χ1) is 11.1. The van der Waals surface area contributed by atoms with Gasteiger partial charge in [-0.3, -0.25) is 4.79 Å². The third kappa shape index (κ3) is 3.92. The van der Waals surface area contributed by atoms with Crippen LogP contribution >= 0.6 is 11.3 Å². The van der Waals surface area contributed by atoms with Crippen molar-refractivity contribution in [3.05, 3.63) is 45.6 Å². The molecule has 3 rings (SSSR count). The number of hydrogen-bond acceptors (Lipinski definition) is 4. The number of benzene rings is 1. The second kappa shape index (κ2) is 7.15. The van der Waals surface area contributed by atoms with Crippen LogP contribution in [0.4, 0.5) is 11.4 Å². The minimum absolute atomic E-state index is 0.0396. The fraction of sp³-hybridized carbons (Fsp3) is 0.389. The molecule has 0 radical (unpaired) electrons. The van der Waals surface area contributed by atoms with Crippen molar-refractivity contribution < 1.29 is 9.53 Å². The molecule has 5 heteroatoms. The highest BCUT2D eigenvalue weighted by Crippen LogP contribution is 2.28. The molecule has 0 aliphatic carbocycles. The summed E-state index contributed by atoms with van der Waals surface area (Å²) < 4.78 is 5.41. The van der Waals surface area contributed by atoms with Gasteiger partial charge in [-0.2, -0.15) is 0 Å². The Balaban J connectivity index is 1.73. The summed E-state index contributed by atoms with van der Waals surface area (Å²) in [5.74, 6) is 0.0396. The van der Waals surface area contributed by atoms with Crippen LogP contribution in [0.25, 0.3) is 0 Å². The predicted molar refractivity (Wildman–Crippen MR) is 95.6 cm³/mol. The van der Waals surface area contributed by atoms with Gasteiger partial charge in [0.05, 0.1) is 19.6 Å². The SMILES string of the molecule is Cc1cc(N2CCOCC2)cc(C)c1NC(=O)Cc1cccs1. The van der Waals surface area contributed by atoms with Gasteiger partial charge in [-0.05, 0) is 48.6 Å². The summed E-state index contributed by atoms with van der Waals surface area (Å²) in [6, 6.07) is 8.27. The standard InChI is InChI=1S/C18H22N2O2S/c1-13-10-15(20-5-7-22-8-6-20)11-14(2)18(13)19-17(21)12-16-4-3-9-23-16/h3-4,9-11H,5-8,12H2,1-2H3,(H,19,21). The summed E-state index contributed by atoms with van der Waals surface area (Å²) in [5, 5.41) is 5.07. The van der Waals surface area contributed by atoms with E-state index >= 15 is 0 Å². The summed E-state index contributed by atoms with van der Waals surface area (Å²) in [5.41, 5.74) is 4.35. The van der Waals surface area contributed by atoms with Gasteiger partial charge in [0.1, 0.15) is 0 Å². The second-order valence-electron chi connectivity index (χ2n) is 5.86. The van der Waals surface area contributed by atoms with E-state index in [0.29, 0.717) is 6.42 Å². The maximum Gasteiger partial charge on any atom is 0.229 e. The number of nitrogens with zero attached hydrogens (tertiary/aromatic N) is 1. The largest absolute Gasteiger partial charge is 0.378 e. The Labute approximate surface area is 141 Å². The average Bonchev–Trinajstić information content (AvgIpc) is 3.04. The zero-order chi connectivity index (χ0) is 16.2. The second-order valence-corrected chi connectivity index (χ2v) is 6.89. The monoisotopic (exact) mass is 330 g/mol. The Bertz CT molecular complexity index is 653. The van der Waals surface area contributed by atoms with E-state index in [1.165, 1.54) is 5.69 Å². The Morgan fingerprint density at radius 1 is 1.26 bits per heavy atom. The number of carbonyl (C=O) groups is 1. The van der Waals surface area contributed by atoms with Crippen LogP contribution in [0, 0.1) is 13.8 Å². The third-order valence-electron chi connectivity index (χ3n) is 4.07. The summed E-state index contributed by atoms with van der Waals surface area (Å²) in [6.45, 7) is 7.50. The Morgan fingerprint density at radius 2 is 1.96 bits per heavy atom. The number of hydrogen-bond donors (Lipinski definition) is 1. The lowest BCUT2D eigenvalue weighted by Crippen LogP contribution is -2.36. The molecule has 0 saturated carbocycles. The minimum atomic E-state index is 0.0396. The molecule has 1 aliphatic heterocycles. The molecule has 1 fully saturated rings. The number of anilines is 2. The van der Waals surface area contributed by atoms with Gasteiger partial charge >= 0.3 is 0 Å². The maximum atomic E-state index is 12.2. The van der Waals surface area contributed by atoms with Gasteiger partial charge in [-0.1, -0.05) is 6.07 Å². The molecule has 1 aliphatic rings. The highest BCUT2D eigenvalue weighted by atomic mass is 32.1. The van der Waals surface area contributed by atoms with Crippen molar-refractivity contribution in [3.63, 3.8) is 0 Å². The van der Waals surface area contributed by atoms with Crippen LogP contribution in [0.1, 0.15) is 16.0 Å². The molecular weight excluding hydrogens is 308 g/mol. The van der Waals surface area contributed by atoms with Crippen LogP contribution < -0.4 is 10.2 Å². The van der Waals surface area contributed by atoms with Gasteiger partial charge in [0.15, 0.2) is 0 Å². The first kappa shape index (κ1) is 16.0. The van der Waals surface area contributed by atoms with E-state index in [4.69, 9.17) is 4.74 Å². The number of morpholine rings is 1. The molecule has 1 aromatic carbocycles. The van der Waals surface area contributed by atoms with Crippen LogP contribution in [0.2, 0.25) is 0 Å².